The fraction of sp³-hybridized carbons (Fsp3) is 0.0625. The third kappa shape index (κ3) is 2.41. The number of hydrogen-bond acceptors (Lipinski definition) is 4. The highest BCUT2D eigenvalue weighted by molar-refractivity contribution is 5.83. The number of nitro benzene ring substituents is 1. The van der Waals surface area contributed by atoms with E-state index in [1.807, 2.05) is 31.2 Å². The van der Waals surface area contributed by atoms with E-state index in [0.29, 0.717) is 16.5 Å². The fourth-order valence-electron chi connectivity index (χ4n) is 2.16. The third-order valence-corrected chi connectivity index (χ3v) is 3.29. The zero-order chi connectivity index (χ0) is 15.0. The molecule has 3 aromatic rings. The summed E-state index contributed by atoms with van der Waals surface area (Å²) >= 11 is 0. The van der Waals surface area contributed by atoms with Crippen molar-refractivity contribution in [2.45, 2.75) is 6.92 Å². The first kappa shape index (κ1) is 13.1. The van der Waals surface area contributed by atoms with Gasteiger partial charge in [0.15, 0.2) is 0 Å². The summed E-state index contributed by atoms with van der Waals surface area (Å²) in [6.45, 7) is 1.95. The molecule has 0 saturated heterocycles. The Morgan fingerprint density at radius 3 is 2.43 bits per heavy atom. The topological polar surface area (TPSA) is 73.3 Å². The van der Waals surface area contributed by atoms with Crippen LogP contribution in [-0.2, 0) is 0 Å². The lowest BCUT2D eigenvalue weighted by Crippen LogP contribution is -2.02. The van der Waals surface area contributed by atoms with Crippen LogP contribution in [-0.4, -0.2) is 4.92 Å². The lowest BCUT2D eigenvalue weighted by Gasteiger charge is -2.03. The minimum Gasteiger partial charge on any atom is -0.422 e. The van der Waals surface area contributed by atoms with Crippen molar-refractivity contribution in [2.75, 3.05) is 0 Å². The number of hydrogen-bond donors (Lipinski definition) is 0. The number of benzene rings is 2. The Labute approximate surface area is 119 Å². The molecule has 1 heterocycles. The minimum absolute atomic E-state index is 0.0359. The molecule has 2 aromatic carbocycles. The third-order valence-electron chi connectivity index (χ3n) is 3.29. The second-order valence-corrected chi connectivity index (χ2v) is 4.79. The van der Waals surface area contributed by atoms with E-state index in [0.717, 1.165) is 11.1 Å². The number of nitro groups is 1. The van der Waals surface area contributed by atoms with Crippen molar-refractivity contribution in [1.82, 2.24) is 0 Å². The predicted octanol–water partition coefficient (Wildman–Crippen LogP) is 3.68. The monoisotopic (exact) mass is 281 g/mol. The molecule has 5 nitrogen and oxygen atoms in total. The fourth-order valence-corrected chi connectivity index (χ4v) is 2.16. The van der Waals surface area contributed by atoms with E-state index < -0.39 is 10.5 Å². The number of nitrogens with zero attached hydrogens (tertiary/aromatic N) is 1. The summed E-state index contributed by atoms with van der Waals surface area (Å²) in [6, 6.07) is 13.2. The van der Waals surface area contributed by atoms with Gasteiger partial charge in [-0.05, 0) is 24.6 Å². The molecule has 0 radical (unpaired) electrons. The maximum atomic E-state index is 12.0. The highest BCUT2D eigenvalue weighted by Crippen LogP contribution is 2.24. The molecular formula is C16H11NO4. The maximum absolute atomic E-state index is 12.0. The zero-order valence-electron chi connectivity index (χ0n) is 11.2. The molecule has 0 aliphatic rings. The van der Waals surface area contributed by atoms with Gasteiger partial charge in [-0.1, -0.05) is 29.8 Å². The van der Waals surface area contributed by atoms with Crippen LogP contribution in [0.25, 0.3) is 22.1 Å². The zero-order valence-corrected chi connectivity index (χ0v) is 11.2. The number of fused-ring (bicyclic) bond motifs is 1. The Hall–Kier alpha value is -2.95. The van der Waals surface area contributed by atoms with E-state index in [4.69, 9.17) is 4.42 Å². The number of non-ortho nitro benzene ring substituents is 1. The Balaban J connectivity index is 2.23. The van der Waals surface area contributed by atoms with Crippen LogP contribution in [0.1, 0.15) is 5.56 Å². The van der Waals surface area contributed by atoms with E-state index in [-0.39, 0.29) is 5.69 Å². The Morgan fingerprint density at radius 2 is 1.76 bits per heavy atom. The van der Waals surface area contributed by atoms with Crippen LogP contribution in [0.5, 0.6) is 0 Å². The molecule has 0 saturated carbocycles. The van der Waals surface area contributed by atoms with Crippen LogP contribution < -0.4 is 5.63 Å². The normalized spacial score (nSPS) is 10.7. The lowest BCUT2D eigenvalue weighted by atomic mass is 10.0. The summed E-state index contributed by atoms with van der Waals surface area (Å²) in [4.78, 5) is 22.4. The highest BCUT2D eigenvalue weighted by atomic mass is 16.6. The van der Waals surface area contributed by atoms with Crippen molar-refractivity contribution in [3.8, 4) is 11.1 Å². The van der Waals surface area contributed by atoms with Gasteiger partial charge in [0.25, 0.3) is 5.69 Å². The van der Waals surface area contributed by atoms with Gasteiger partial charge in [-0.3, -0.25) is 10.1 Å². The van der Waals surface area contributed by atoms with E-state index in [2.05, 4.69) is 0 Å². The van der Waals surface area contributed by atoms with E-state index >= 15 is 0 Å². The van der Waals surface area contributed by atoms with Crippen LogP contribution in [0.2, 0.25) is 0 Å². The van der Waals surface area contributed by atoms with Gasteiger partial charge in [0.05, 0.1) is 10.5 Å². The van der Waals surface area contributed by atoms with E-state index in [1.165, 1.54) is 18.2 Å². The van der Waals surface area contributed by atoms with Gasteiger partial charge in [0, 0.05) is 17.5 Å². The molecule has 0 atom stereocenters. The van der Waals surface area contributed by atoms with Gasteiger partial charge in [-0.2, -0.15) is 0 Å². The Kier molecular flexibility index (Phi) is 3.02. The smallest absolute Gasteiger partial charge is 0.344 e. The van der Waals surface area contributed by atoms with Gasteiger partial charge >= 0.3 is 5.63 Å². The molecule has 104 valence electrons. The average Bonchev–Trinajstić information content (AvgIpc) is 2.47. The van der Waals surface area contributed by atoms with Crippen LogP contribution in [0, 0.1) is 17.0 Å². The summed E-state index contributed by atoms with van der Waals surface area (Å²) in [5.74, 6) is 0. The van der Waals surface area contributed by atoms with Crippen molar-refractivity contribution in [1.29, 1.82) is 0 Å². The second kappa shape index (κ2) is 4.86. The van der Waals surface area contributed by atoms with Gasteiger partial charge in [-0.15, -0.1) is 0 Å². The van der Waals surface area contributed by atoms with Crippen molar-refractivity contribution >= 4 is 16.7 Å². The first-order valence-corrected chi connectivity index (χ1v) is 6.34. The first-order valence-electron chi connectivity index (χ1n) is 6.34. The van der Waals surface area contributed by atoms with Gasteiger partial charge < -0.3 is 4.42 Å². The molecule has 0 fully saturated rings. The average molecular weight is 281 g/mol. The molecule has 1 aromatic heterocycles. The van der Waals surface area contributed by atoms with Crippen LogP contribution in [0.3, 0.4) is 0 Å². The molecule has 0 aliphatic heterocycles. The van der Waals surface area contributed by atoms with E-state index in [9.17, 15) is 14.9 Å². The van der Waals surface area contributed by atoms with Crippen molar-refractivity contribution in [3.63, 3.8) is 0 Å². The van der Waals surface area contributed by atoms with Crippen molar-refractivity contribution < 1.29 is 9.34 Å². The molecule has 3 rings (SSSR count). The van der Waals surface area contributed by atoms with Crippen LogP contribution in [0.15, 0.2) is 57.7 Å². The maximum Gasteiger partial charge on any atom is 0.344 e. The SMILES string of the molecule is Cc1ccc(-c2cc3cc([N+](=O)[O-])ccc3oc2=O)cc1. The standard InChI is InChI=1S/C16H11NO4/c1-10-2-4-11(5-3-10)14-9-12-8-13(17(19)20)6-7-15(12)21-16(14)18/h2-9H,1H3. The van der Waals surface area contributed by atoms with Crippen molar-refractivity contribution in [3.05, 3.63) is 74.6 Å². The highest BCUT2D eigenvalue weighted by Gasteiger charge is 2.11. The van der Waals surface area contributed by atoms with Crippen LogP contribution >= 0.6 is 0 Å². The summed E-state index contributed by atoms with van der Waals surface area (Å²) in [7, 11) is 0. The summed E-state index contributed by atoms with van der Waals surface area (Å²) in [6.07, 6.45) is 0. The summed E-state index contributed by atoms with van der Waals surface area (Å²) < 4.78 is 5.23. The van der Waals surface area contributed by atoms with Gasteiger partial charge in [-0.25, -0.2) is 4.79 Å². The largest absolute Gasteiger partial charge is 0.422 e. The quantitative estimate of drug-likeness (QED) is 0.408. The Bertz CT molecular complexity index is 894. The molecule has 0 N–H and O–H groups in total. The molecular weight excluding hydrogens is 270 g/mol. The van der Waals surface area contributed by atoms with E-state index in [1.54, 1.807) is 6.07 Å². The summed E-state index contributed by atoms with van der Waals surface area (Å²) in [5.41, 5.74) is 2.04. The molecule has 0 spiro atoms. The van der Waals surface area contributed by atoms with Gasteiger partial charge in [0.1, 0.15) is 5.58 Å². The van der Waals surface area contributed by atoms with Gasteiger partial charge in [0.2, 0.25) is 0 Å². The van der Waals surface area contributed by atoms with Crippen LogP contribution in [0.4, 0.5) is 5.69 Å². The van der Waals surface area contributed by atoms with Crippen molar-refractivity contribution in [2.24, 2.45) is 0 Å². The predicted molar refractivity (Wildman–Crippen MR) is 79.3 cm³/mol. The molecule has 0 aliphatic carbocycles. The lowest BCUT2D eigenvalue weighted by molar-refractivity contribution is -0.384. The molecule has 0 bridgehead atoms. The summed E-state index contributed by atoms with van der Waals surface area (Å²) in [5, 5.41) is 11.3. The number of rotatable bonds is 2. The molecule has 21 heavy (non-hydrogen) atoms. The minimum atomic E-state index is -0.476. The number of aryl methyl sites for hydroxylation is 1. The molecule has 0 amide bonds. The Morgan fingerprint density at radius 1 is 1.05 bits per heavy atom. The first-order chi connectivity index (χ1) is 10.0. The second-order valence-electron chi connectivity index (χ2n) is 4.79. The molecule has 0 unspecified atom stereocenters. The molecule has 5 heteroatoms.